The number of hydrogen-bond acceptors (Lipinski definition) is 1. The standard InChI is InChI=1S/C22H18N2S/c1-15(2)23-14-24(19-11-5-4-10-18(19)23)20-12-7-9-17-16-8-3-6-13-21(16)25-22(17)20/h3-13,15H,1-2H3/q+2. The number of hydrogen-bond donors (Lipinski definition) is 0. The van der Waals surface area contributed by atoms with Crippen LogP contribution >= 0.6 is 11.3 Å². The van der Waals surface area contributed by atoms with Crippen LogP contribution in [-0.4, -0.2) is 16.6 Å². The first-order valence-corrected chi connectivity index (χ1v) is 9.40. The largest absolute Gasteiger partial charge is 0.496 e. The summed E-state index contributed by atoms with van der Waals surface area (Å²) in [7, 11) is 0. The van der Waals surface area contributed by atoms with Crippen LogP contribution in [0.25, 0.3) is 20.2 Å². The maximum atomic E-state index is 3.58. The van der Waals surface area contributed by atoms with Crippen molar-refractivity contribution in [1.29, 1.82) is 0 Å². The van der Waals surface area contributed by atoms with Gasteiger partial charge in [0.1, 0.15) is 4.70 Å². The lowest BCUT2D eigenvalue weighted by Crippen LogP contribution is -2.12. The number of nitrogens with zero attached hydrogens (tertiary/aromatic N) is 2. The molecule has 3 aromatic carbocycles. The molecule has 0 atom stereocenters. The summed E-state index contributed by atoms with van der Waals surface area (Å²) < 4.78 is 7.09. The fraction of sp³-hybridized carbons (Fsp3) is 0.136. The smallest absolute Gasteiger partial charge is 0.128 e. The lowest BCUT2D eigenvalue weighted by molar-refractivity contribution is -0.466. The van der Waals surface area contributed by atoms with Crippen molar-refractivity contribution in [3.8, 4) is 0 Å². The van der Waals surface area contributed by atoms with Gasteiger partial charge in [0.25, 0.3) is 11.4 Å². The van der Waals surface area contributed by atoms with Crippen molar-refractivity contribution in [3.05, 3.63) is 66.7 Å². The van der Waals surface area contributed by atoms with Crippen molar-refractivity contribution in [2.45, 2.75) is 19.9 Å². The van der Waals surface area contributed by atoms with E-state index < -0.39 is 0 Å². The van der Waals surface area contributed by atoms with Crippen molar-refractivity contribution in [2.24, 2.45) is 0 Å². The first-order valence-electron chi connectivity index (χ1n) is 8.59. The molecule has 3 heteroatoms. The summed E-state index contributed by atoms with van der Waals surface area (Å²) in [5, 5.41) is 2.65. The van der Waals surface area contributed by atoms with Gasteiger partial charge in [-0.15, -0.1) is 11.3 Å². The Kier molecular flexibility index (Phi) is 3.14. The Labute approximate surface area is 150 Å². The van der Waals surface area contributed by atoms with Crippen LogP contribution in [0.1, 0.15) is 13.8 Å². The second kappa shape index (κ2) is 5.38. The fourth-order valence-electron chi connectivity index (χ4n) is 3.56. The van der Waals surface area contributed by atoms with Gasteiger partial charge in [0, 0.05) is 33.7 Å². The van der Waals surface area contributed by atoms with Crippen LogP contribution in [0.3, 0.4) is 0 Å². The maximum Gasteiger partial charge on any atom is 0.496 e. The van der Waals surface area contributed by atoms with E-state index in [1.807, 2.05) is 11.3 Å². The zero-order valence-corrected chi connectivity index (χ0v) is 15.0. The third-order valence-electron chi connectivity index (χ3n) is 4.73. The van der Waals surface area contributed by atoms with Gasteiger partial charge >= 0.3 is 6.01 Å². The van der Waals surface area contributed by atoms with Crippen molar-refractivity contribution in [2.75, 3.05) is 0 Å². The molecule has 0 aliphatic carbocycles. The maximum absolute atomic E-state index is 3.58. The Morgan fingerprint density at radius 3 is 2.28 bits per heavy atom. The van der Waals surface area contributed by atoms with E-state index in [0.717, 1.165) is 0 Å². The normalized spacial score (nSPS) is 13.4. The summed E-state index contributed by atoms with van der Waals surface area (Å²) >= 11 is 1.86. The highest BCUT2D eigenvalue weighted by Gasteiger charge is 2.37. The Morgan fingerprint density at radius 1 is 0.760 bits per heavy atom. The molecule has 1 aliphatic rings. The molecule has 5 rings (SSSR count). The Bertz CT molecular complexity index is 1210. The van der Waals surface area contributed by atoms with Gasteiger partial charge < -0.3 is 0 Å². The Balaban J connectivity index is 1.86. The second-order valence-corrected chi connectivity index (χ2v) is 7.69. The van der Waals surface area contributed by atoms with Gasteiger partial charge in [0.2, 0.25) is 5.69 Å². The lowest BCUT2D eigenvalue weighted by Gasteiger charge is -1.98. The Morgan fingerprint density at radius 2 is 1.44 bits per heavy atom. The highest BCUT2D eigenvalue weighted by molar-refractivity contribution is 7.26. The molecule has 4 aromatic rings. The topological polar surface area (TPSA) is 6.02 Å². The summed E-state index contributed by atoms with van der Waals surface area (Å²) in [5.74, 6) is 0. The van der Waals surface area contributed by atoms with Crippen LogP contribution in [0.15, 0.2) is 66.7 Å². The van der Waals surface area contributed by atoms with Gasteiger partial charge in [-0.1, -0.05) is 47.0 Å². The van der Waals surface area contributed by atoms with E-state index in [4.69, 9.17) is 0 Å². The number of benzene rings is 3. The van der Waals surface area contributed by atoms with Crippen molar-refractivity contribution < 1.29 is 4.58 Å². The molecule has 25 heavy (non-hydrogen) atoms. The zero-order valence-electron chi connectivity index (χ0n) is 14.2. The van der Waals surface area contributed by atoms with E-state index >= 15 is 0 Å². The van der Waals surface area contributed by atoms with Crippen LogP contribution < -0.4 is 4.58 Å². The van der Waals surface area contributed by atoms with Crippen molar-refractivity contribution in [1.82, 2.24) is 4.58 Å². The zero-order chi connectivity index (χ0) is 17.0. The average Bonchev–Trinajstić information content (AvgIpc) is 3.20. The summed E-state index contributed by atoms with van der Waals surface area (Å²) in [4.78, 5) is 0. The number of rotatable bonds is 2. The molecule has 0 bridgehead atoms. The predicted molar refractivity (Wildman–Crippen MR) is 107 cm³/mol. The molecule has 0 saturated heterocycles. The summed E-state index contributed by atoms with van der Waals surface area (Å²) in [6.07, 6.45) is 0. The van der Waals surface area contributed by atoms with E-state index in [-0.39, 0.29) is 0 Å². The van der Waals surface area contributed by atoms with Crippen LogP contribution in [0, 0.1) is 0 Å². The highest BCUT2D eigenvalue weighted by atomic mass is 32.1. The second-order valence-electron chi connectivity index (χ2n) is 6.64. The van der Waals surface area contributed by atoms with Crippen LogP contribution in [0.5, 0.6) is 0 Å². The SMILES string of the molecule is CC(C)[N+]1=C=[N+](c2cccc3c2sc2ccccc23)c2ccccc21. The van der Waals surface area contributed by atoms with Gasteiger partial charge in [0.15, 0.2) is 6.04 Å². The Hall–Kier alpha value is -2.74. The molecule has 2 heterocycles. The first kappa shape index (κ1) is 14.6. The third-order valence-corrected chi connectivity index (χ3v) is 5.94. The predicted octanol–water partition coefficient (Wildman–Crippen LogP) is 6.13. The monoisotopic (exact) mass is 342 g/mol. The van der Waals surface area contributed by atoms with E-state index in [2.05, 4.69) is 95.7 Å². The molecule has 1 aromatic heterocycles. The first-order chi connectivity index (χ1) is 12.2. The summed E-state index contributed by atoms with van der Waals surface area (Å²) in [6, 6.07) is 27.7. The number of thiophene rings is 1. The van der Waals surface area contributed by atoms with Crippen LogP contribution in [0.4, 0.5) is 17.1 Å². The minimum absolute atomic E-state index is 0.368. The van der Waals surface area contributed by atoms with Crippen LogP contribution in [0.2, 0.25) is 0 Å². The van der Waals surface area contributed by atoms with Gasteiger partial charge in [-0.2, -0.15) is 0 Å². The molecule has 0 unspecified atom stereocenters. The van der Waals surface area contributed by atoms with E-state index in [1.165, 1.54) is 37.2 Å². The molecule has 0 saturated carbocycles. The highest BCUT2D eigenvalue weighted by Crippen LogP contribution is 2.42. The molecular formula is C22H18N2S+2. The lowest BCUT2D eigenvalue weighted by atomic mass is 10.1. The molecule has 120 valence electrons. The minimum Gasteiger partial charge on any atom is -0.128 e. The summed E-state index contributed by atoms with van der Waals surface area (Å²) in [5.41, 5.74) is 3.62. The quantitative estimate of drug-likeness (QED) is 0.387. The van der Waals surface area contributed by atoms with E-state index in [9.17, 15) is 0 Å². The van der Waals surface area contributed by atoms with Crippen molar-refractivity contribution in [3.63, 3.8) is 0 Å². The third kappa shape index (κ3) is 2.10. The number of fused-ring (bicyclic) bond motifs is 4. The molecule has 0 radical (unpaired) electrons. The van der Waals surface area contributed by atoms with Crippen molar-refractivity contribution >= 4 is 54.6 Å². The van der Waals surface area contributed by atoms with E-state index in [1.54, 1.807) is 0 Å². The minimum atomic E-state index is 0.368. The summed E-state index contributed by atoms with van der Waals surface area (Å²) in [6.45, 7) is 4.40. The molecule has 0 amide bonds. The fourth-order valence-corrected chi connectivity index (χ4v) is 4.76. The molecular weight excluding hydrogens is 324 g/mol. The van der Waals surface area contributed by atoms with Gasteiger partial charge in [-0.05, 0) is 24.5 Å². The molecule has 2 nitrogen and oxygen atoms in total. The molecule has 0 fully saturated rings. The van der Waals surface area contributed by atoms with Crippen LogP contribution in [-0.2, 0) is 0 Å². The molecule has 0 spiro atoms. The van der Waals surface area contributed by atoms with E-state index in [0.29, 0.717) is 6.04 Å². The molecule has 1 aliphatic heterocycles. The van der Waals surface area contributed by atoms with Gasteiger partial charge in [-0.3, -0.25) is 0 Å². The van der Waals surface area contributed by atoms with Gasteiger partial charge in [0.05, 0.1) is 0 Å². The molecule has 0 N–H and O–H groups in total. The average molecular weight is 342 g/mol. The number of para-hydroxylation sites is 2. The van der Waals surface area contributed by atoms with Gasteiger partial charge in [-0.25, -0.2) is 0 Å².